The van der Waals surface area contributed by atoms with E-state index >= 15 is 0 Å². The van der Waals surface area contributed by atoms with Gasteiger partial charge in [-0.3, -0.25) is 4.79 Å². The SMILES string of the molecule is CC(CC(O)c1ccco1)NC(=O)COc1ccccc1Cl. The molecule has 5 nitrogen and oxygen atoms in total. The van der Waals surface area contributed by atoms with Gasteiger partial charge >= 0.3 is 0 Å². The van der Waals surface area contributed by atoms with Crippen molar-refractivity contribution in [2.24, 2.45) is 0 Å². The Kier molecular flexibility index (Phi) is 5.86. The topological polar surface area (TPSA) is 71.7 Å². The van der Waals surface area contributed by atoms with Crippen LogP contribution in [0.15, 0.2) is 47.1 Å². The molecule has 2 aromatic rings. The third-order valence-electron chi connectivity index (χ3n) is 3.05. The summed E-state index contributed by atoms with van der Waals surface area (Å²) in [5.41, 5.74) is 0. The first-order valence-electron chi connectivity index (χ1n) is 6.94. The third-order valence-corrected chi connectivity index (χ3v) is 3.36. The Balaban J connectivity index is 1.76. The Morgan fingerprint density at radius 3 is 2.82 bits per heavy atom. The molecule has 0 aliphatic rings. The van der Waals surface area contributed by atoms with E-state index in [9.17, 15) is 9.90 Å². The van der Waals surface area contributed by atoms with Gasteiger partial charge in [0.1, 0.15) is 17.6 Å². The molecule has 0 bridgehead atoms. The van der Waals surface area contributed by atoms with Crippen LogP contribution in [-0.4, -0.2) is 23.7 Å². The lowest BCUT2D eigenvalue weighted by Gasteiger charge is -2.17. The molecule has 1 heterocycles. The monoisotopic (exact) mass is 323 g/mol. The first-order chi connectivity index (χ1) is 10.6. The van der Waals surface area contributed by atoms with Gasteiger partial charge in [-0.05, 0) is 31.2 Å². The van der Waals surface area contributed by atoms with Crippen LogP contribution < -0.4 is 10.1 Å². The van der Waals surface area contributed by atoms with Crippen molar-refractivity contribution < 1.29 is 19.1 Å². The maximum Gasteiger partial charge on any atom is 0.258 e. The largest absolute Gasteiger partial charge is 0.482 e. The number of carbonyl (C=O) groups excluding carboxylic acids is 1. The van der Waals surface area contributed by atoms with E-state index < -0.39 is 6.10 Å². The van der Waals surface area contributed by atoms with Crippen LogP contribution in [0.4, 0.5) is 0 Å². The Hall–Kier alpha value is -1.98. The normalized spacial score (nSPS) is 13.4. The zero-order valence-electron chi connectivity index (χ0n) is 12.2. The number of furan rings is 1. The molecule has 0 aliphatic heterocycles. The fourth-order valence-electron chi connectivity index (χ4n) is 2.01. The average molecular weight is 324 g/mol. The lowest BCUT2D eigenvalue weighted by molar-refractivity contribution is -0.123. The predicted molar refractivity (Wildman–Crippen MR) is 82.8 cm³/mol. The van der Waals surface area contributed by atoms with Crippen molar-refractivity contribution in [3.05, 3.63) is 53.4 Å². The summed E-state index contributed by atoms with van der Waals surface area (Å²) < 4.78 is 10.5. The van der Waals surface area contributed by atoms with Gasteiger partial charge in [0, 0.05) is 12.5 Å². The maximum absolute atomic E-state index is 11.8. The van der Waals surface area contributed by atoms with E-state index in [0.717, 1.165) is 0 Å². The summed E-state index contributed by atoms with van der Waals surface area (Å²) in [6, 6.07) is 10.1. The lowest BCUT2D eigenvalue weighted by atomic mass is 10.1. The molecule has 22 heavy (non-hydrogen) atoms. The smallest absolute Gasteiger partial charge is 0.258 e. The van der Waals surface area contributed by atoms with Gasteiger partial charge in [0.05, 0.1) is 11.3 Å². The lowest BCUT2D eigenvalue weighted by Crippen LogP contribution is -2.37. The number of benzene rings is 1. The molecule has 118 valence electrons. The summed E-state index contributed by atoms with van der Waals surface area (Å²) in [5.74, 6) is 0.662. The van der Waals surface area contributed by atoms with Crippen molar-refractivity contribution >= 4 is 17.5 Å². The van der Waals surface area contributed by atoms with Crippen LogP contribution in [0.5, 0.6) is 5.75 Å². The Morgan fingerprint density at radius 2 is 2.14 bits per heavy atom. The fraction of sp³-hybridized carbons (Fsp3) is 0.312. The van der Waals surface area contributed by atoms with Crippen LogP contribution in [-0.2, 0) is 4.79 Å². The number of nitrogens with one attached hydrogen (secondary N) is 1. The van der Waals surface area contributed by atoms with Gasteiger partial charge < -0.3 is 19.6 Å². The highest BCUT2D eigenvalue weighted by atomic mass is 35.5. The summed E-state index contributed by atoms with van der Waals surface area (Å²) >= 11 is 5.94. The number of para-hydroxylation sites is 1. The van der Waals surface area contributed by atoms with E-state index in [1.165, 1.54) is 6.26 Å². The fourth-order valence-corrected chi connectivity index (χ4v) is 2.20. The van der Waals surface area contributed by atoms with Crippen LogP contribution in [0.3, 0.4) is 0 Å². The first kappa shape index (κ1) is 16.4. The number of halogens is 1. The molecule has 1 amide bonds. The molecule has 0 aliphatic carbocycles. The van der Waals surface area contributed by atoms with Crippen LogP contribution in [0.25, 0.3) is 0 Å². The summed E-state index contributed by atoms with van der Waals surface area (Å²) in [6.45, 7) is 1.67. The van der Waals surface area contributed by atoms with Crippen molar-refractivity contribution in [1.82, 2.24) is 5.32 Å². The highest BCUT2D eigenvalue weighted by Gasteiger charge is 2.16. The first-order valence-corrected chi connectivity index (χ1v) is 7.32. The van der Waals surface area contributed by atoms with Gasteiger partial charge in [0.2, 0.25) is 0 Å². The van der Waals surface area contributed by atoms with E-state index in [1.54, 1.807) is 43.3 Å². The minimum absolute atomic E-state index is 0.134. The van der Waals surface area contributed by atoms with Gasteiger partial charge in [0.15, 0.2) is 6.61 Å². The molecule has 0 saturated carbocycles. The molecule has 1 aromatic carbocycles. The summed E-state index contributed by atoms with van der Waals surface area (Å²) in [5, 5.41) is 13.2. The summed E-state index contributed by atoms with van der Waals surface area (Å²) in [4.78, 5) is 11.8. The Bertz CT molecular complexity index is 600. The third kappa shape index (κ3) is 4.79. The van der Waals surface area contributed by atoms with Gasteiger partial charge in [-0.2, -0.15) is 0 Å². The number of aliphatic hydroxyl groups excluding tert-OH is 1. The quantitative estimate of drug-likeness (QED) is 0.821. The molecule has 0 saturated heterocycles. The van der Waals surface area contributed by atoms with Crippen LogP contribution >= 0.6 is 11.6 Å². The molecule has 6 heteroatoms. The molecule has 0 fully saturated rings. The standard InChI is InChI=1S/C16H18ClNO4/c1-11(9-13(19)15-7-4-8-21-15)18-16(20)10-22-14-6-3-2-5-12(14)17/h2-8,11,13,19H,9-10H2,1H3,(H,18,20). The second-order valence-electron chi connectivity index (χ2n) is 4.95. The second-order valence-corrected chi connectivity index (χ2v) is 5.36. The van der Waals surface area contributed by atoms with Crippen LogP contribution in [0.1, 0.15) is 25.2 Å². The van der Waals surface area contributed by atoms with Crippen LogP contribution in [0.2, 0.25) is 5.02 Å². The van der Waals surface area contributed by atoms with Gasteiger partial charge in [-0.1, -0.05) is 23.7 Å². The molecule has 0 spiro atoms. The van der Waals surface area contributed by atoms with Crippen molar-refractivity contribution in [2.75, 3.05) is 6.61 Å². The Labute approximate surface area is 133 Å². The molecule has 1 aromatic heterocycles. The average Bonchev–Trinajstić information content (AvgIpc) is 3.00. The van der Waals surface area contributed by atoms with E-state index in [-0.39, 0.29) is 18.6 Å². The summed E-state index contributed by atoms with van der Waals surface area (Å²) in [6.07, 6.45) is 1.10. The van der Waals surface area contributed by atoms with E-state index in [1.807, 2.05) is 0 Å². The highest BCUT2D eigenvalue weighted by molar-refractivity contribution is 6.32. The Morgan fingerprint density at radius 1 is 1.36 bits per heavy atom. The molecule has 2 atom stereocenters. The number of hydrogen-bond acceptors (Lipinski definition) is 4. The molecular weight excluding hydrogens is 306 g/mol. The van der Waals surface area contributed by atoms with Gasteiger partial charge in [-0.15, -0.1) is 0 Å². The van der Waals surface area contributed by atoms with Gasteiger partial charge in [0.25, 0.3) is 5.91 Å². The zero-order valence-corrected chi connectivity index (χ0v) is 12.9. The molecule has 2 unspecified atom stereocenters. The molecule has 0 radical (unpaired) electrons. The number of aliphatic hydroxyl groups is 1. The zero-order chi connectivity index (χ0) is 15.9. The second kappa shape index (κ2) is 7.87. The van der Waals surface area contributed by atoms with Crippen molar-refractivity contribution in [1.29, 1.82) is 0 Å². The predicted octanol–water partition coefficient (Wildman–Crippen LogP) is 2.94. The van der Waals surface area contributed by atoms with Crippen molar-refractivity contribution in [3.63, 3.8) is 0 Å². The number of hydrogen-bond donors (Lipinski definition) is 2. The molecule has 2 rings (SSSR count). The minimum Gasteiger partial charge on any atom is -0.482 e. The number of rotatable bonds is 7. The van der Waals surface area contributed by atoms with Gasteiger partial charge in [-0.25, -0.2) is 0 Å². The van der Waals surface area contributed by atoms with Crippen LogP contribution in [0, 0.1) is 0 Å². The van der Waals surface area contributed by atoms with Crippen molar-refractivity contribution in [2.45, 2.75) is 25.5 Å². The van der Waals surface area contributed by atoms with E-state index in [0.29, 0.717) is 23.0 Å². The van der Waals surface area contributed by atoms with E-state index in [4.69, 9.17) is 20.8 Å². The molecular formula is C16H18ClNO4. The maximum atomic E-state index is 11.8. The van der Waals surface area contributed by atoms with Crippen molar-refractivity contribution in [3.8, 4) is 5.75 Å². The highest BCUT2D eigenvalue weighted by Crippen LogP contribution is 2.23. The molecule has 2 N–H and O–H groups in total. The number of carbonyl (C=O) groups is 1. The van der Waals surface area contributed by atoms with E-state index in [2.05, 4.69) is 5.32 Å². The minimum atomic E-state index is -0.755. The number of ether oxygens (including phenoxy) is 1. The summed E-state index contributed by atoms with van der Waals surface area (Å²) in [7, 11) is 0. The number of amides is 1.